The molecule has 0 unspecified atom stereocenters. The van der Waals surface area contributed by atoms with Crippen molar-refractivity contribution in [3.8, 4) is 17.7 Å². The molecule has 0 bridgehead atoms. The van der Waals surface area contributed by atoms with Crippen LogP contribution in [0.5, 0.6) is 0 Å². The second kappa shape index (κ2) is 4.47. The molecule has 3 aromatic heterocycles. The molecule has 0 aliphatic heterocycles. The Kier molecular flexibility index (Phi) is 3.03. The maximum atomic E-state index is 2.34. The molecule has 0 aliphatic carbocycles. The molecule has 0 amide bonds. The van der Waals surface area contributed by atoms with Gasteiger partial charge in [0.1, 0.15) is 0 Å². The van der Waals surface area contributed by atoms with Gasteiger partial charge in [0.25, 0.3) is 0 Å². The molecule has 3 aromatic rings. The molecule has 0 nitrogen and oxygen atoms in total. The number of rotatable bonds is 2. The van der Waals surface area contributed by atoms with Gasteiger partial charge in [0.15, 0.2) is 0 Å². The summed E-state index contributed by atoms with van der Waals surface area (Å²) in [6, 6.07) is 13.7. The van der Waals surface area contributed by atoms with Crippen LogP contribution in [0.25, 0.3) is 17.7 Å². The molecule has 0 radical (unpaired) electrons. The molecule has 3 heterocycles. The third kappa shape index (κ3) is 2.10. The summed E-state index contributed by atoms with van der Waals surface area (Å²) in [6.45, 7) is 0. The van der Waals surface area contributed by atoms with Crippen molar-refractivity contribution in [3.63, 3.8) is 0 Å². The summed E-state index contributed by atoms with van der Waals surface area (Å²) in [7, 11) is 0. The molecule has 3 rings (SSSR count). The predicted molar refractivity (Wildman–Crippen MR) is 68.1 cm³/mol. The third-order valence-electron chi connectivity index (χ3n) is 2.13. The summed E-state index contributed by atoms with van der Waals surface area (Å²) in [6.07, 6.45) is 0. The van der Waals surface area contributed by atoms with E-state index in [1.807, 2.05) is 0 Å². The molecule has 15 heavy (non-hydrogen) atoms. The molecule has 0 N–H and O–H groups in total. The summed E-state index contributed by atoms with van der Waals surface area (Å²) in [5.74, 6) is 0. The van der Waals surface area contributed by atoms with E-state index in [0.717, 1.165) is 0 Å². The average molecular weight is 389 g/mol. The molecule has 0 aliphatic rings. The van der Waals surface area contributed by atoms with Crippen LogP contribution in [0.15, 0.2) is 46.3 Å². The van der Waals surface area contributed by atoms with Crippen LogP contribution in [-0.4, -0.2) is 43.5 Å². The maximum absolute atomic E-state index is 2.34. The fourth-order valence-electron chi connectivity index (χ4n) is 1.44. The van der Waals surface area contributed by atoms with Crippen LogP contribution in [0.2, 0.25) is 0 Å². The van der Waals surface area contributed by atoms with Crippen LogP contribution in [0, 0.1) is 0 Å². The van der Waals surface area contributed by atoms with Gasteiger partial charge in [-0.05, 0) is 0 Å². The molecule has 3 heteroatoms. The van der Waals surface area contributed by atoms with E-state index in [0.29, 0.717) is 43.5 Å². The van der Waals surface area contributed by atoms with Crippen LogP contribution < -0.4 is 0 Å². The Morgan fingerprint density at radius 1 is 0.600 bits per heavy atom. The van der Waals surface area contributed by atoms with E-state index >= 15 is 0 Å². The zero-order valence-corrected chi connectivity index (χ0v) is 13.0. The van der Waals surface area contributed by atoms with E-state index in [1.165, 1.54) is 0 Å². The van der Waals surface area contributed by atoms with Gasteiger partial charge in [0.05, 0.1) is 0 Å². The van der Waals surface area contributed by atoms with Crippen molar-refractivity contribution in [1.29, 1.82) is 0 Å². The topological polar surface area (TPSA) is 0 Å². The Labute approximate surface area is 107 Å². The normalized spacial score (nSPS) is 10.7. The van der Waals surface area contributed by atoms with Crippen LogP contribution in [0.4, 0.5) is 0 Å². The Morgan fingerprint density at radius 2 is 1.13 bits per heavy atom. The first kappa shape index (κ1) is 10.2. The van der Waals surface area contributed by atoms with E-state index < -0.39 is 0 Å². The molecular formula is C12H8Se3. The summed E-state index contributed by atoms with van der Waals surface area (Å²) in [5, 5.41) is 0. The standard InChI is InChI=1S/C12H8Se3/c1-3-9(13-7-1)11-5-6-12(15-11)10-4-2-8-14-10/h1-8H. The van der Waals surface area contributed by atoms with Crippen molar-refractivity contribution in [2.75, 3.05) is 0 Å². The van der Waals surface area contributed by atoms with Crippen molar-refractivity contribution in [2.24, 2.45) is 0 Å². The summed E-state index contributed by atoms with van der Waals surface area (Å²) in [5.41, 5.74) is 0. The Hall–Kier alpha value is -0.00156. The zero-order valence-electron chi connectivity index (χ0n) is 7.84. The van der Waals surface area contributed by atoms with Crippen molar-refractivity contribution >= 4 is 43.5 Å². The molecule has 0 spiro atoms. The first-order chi connectivity index (χ1) is 7.43. The van der Waals surface area contributed by atoms with Gasteiger partial charge in [-0.3, -0.25) is 0 Å². The second-order valence-corrected chi connectivity index (χ2v) is 9.37. The number of hydrogen-bond donors (Lipinski definition) is 0. The first-order valence-electron chi connectivity index (χ1n) is 4.61. The van der Waals surface area contributed by atoms with Gasteiger partial charge in [-0.15, -0.1) is 0 Å². The van der Waals surface area contributed by atoms with Gasteiger partial charge in [-0.25, -0.2) is 0 Å². The van der Waals surface area contributed by atoms with E-state index in [1.54, 1.807) is 17.7 Å². The molecule has 0 saturated heterocycles. The molecule has 0 atom stereocenters. The Morgan fingerprint density at radius 3 is 1.53 bits per heavy atom. The van der Waals surface area contributed by atoms with Crippen LogP contribution in [0.1, 0.15) is 0 Å². The van der Waals surface area contributed by atoms with Crippen molar-refractivity contribution in [2.45, 2.75) is 0 Å². The fraction of sp³-hybridized carbons (Fsp3) is 0. The predicted octanol–water partition coefficient (Wildman–Crippen LogP) is 2.19. The van der Waals surface area contributed by atoms with Crippen LogP contribution in [-0.2, 0) is 0 Å². The van der Waals surface area contributed by atoms with Crippen LogP contribution >= 0.6 is 0 Å². The van der Waals surface area contributed by atoms with Gasteiger partial charge in [0.2, 0.25) is 0 Å². The average Bonchev–Trinajstić information content (AvgIpc) is 3.02. The van der Waals surface area contributed by atoms with Gasteiger partial charge in [-0.1, -0.05) is 0 Å². The van der Waals surface area contributed by atoms with E-state index in [4.69, 9.17) is 0 Å². The van der Waals surface area contributed by atoms with E-state index in [-0.39, 0.29) is 0 Å². The Bertz CT molecular complexity index is 480. The minimum atomic E-state index is 0.569. The van der Waals surface area contributed by atoms with Crippen molar-refractivity contribution in [3.05, 3.63) is 46.3 Å². The van der Waals surface area contributed by atoms with Gasteiger partial charge >= 0.3 is 108 Å². The van der Waals surface area contributed by atoms with Gasteiger partial charge in [0, 0.05) is 0 Å². The van der Waals surface area contributed by atoms with Crippen molar-refractivity contribution in [1.82, 2.24) is 0 Å². The molecular weight excluding hydrogens is 381 g/mol. The number of hydrogen-bond acceptors (Lipinski definition) is 0. The summed E-state index contributed by atoms with van der Waals surface area (Å²) < 4.78 is 6.39. The van der Waals surface area contributed by atoms with E-state index in [9.17, 15) is 0 Å². The molecule has 0 aromatic carbocycles. The second-order valence-electron chi connectivity index (χ2n) is 3.12. The SMILES string of the molecule is c1c[se]c(-c2ccc(-c3ccc[se]3)[se]2)c1. The molecule has 74 valence electrons. The minimum absolute atomic E-state index is 0.569. The molecule has 0 saturated carbocycles. The summed E-state index contributed by atoms with van der Waals surface area (Å²) >= 11 is 1.77. The summed E-state index contributed by atoms with van der Waals surface area (Å²) in [4.78, 5) is 4.61. The van der Waals surface area contributed by atoms with Crippen molar-refractivity contribution < 1.29 is 0 Å². The van der Waals surface area contributed by atoms with Crippen LogP contribution in [0.3, 0.4) is 0 Å². The van der Waals surface area contributed by atoms with E-state index in [2.05, 4.69) is 46.3 Å². The quantitative estimate of drug-likeness (QED) is 0.590. The fourth-order valence-corrected chi connectivity index (χ4v) is 7.88. The van der Waals surface area contributed by atoms with Gasteiger partial charge in [-0.2, -0.15) is 0 Å². The molecule has 0 fully saturated rings. The first-order valence-corrected chi connectivity index (χ1v) is 10.0. The monoisotopic (exact) mass is 392 g/mol. The Balaban J connectivity index is 2.02. The van der Waals surface area contributed by atoms with Gasteiger partial charge < -0.3 is 0 Å². The zero-order chi connectivity index (χ0) is 10.1. The third-order valence-corrected chi connectivity index (χ3v) is 9.65.